The summed E-state index contributed by atoms with van der Waals surface area (Å²) in [6, 6.07) is 5.03. The number of carbonyl (C=O) groups excluding carboxylic acids is 1. The average Bonchev–Trinajstić information content (AvgIpc) is 2.47. The fourth-order valence-corrected chi connectivity index (χ4v) is 3.20. The molecule has 22 heavy (non-hydrogen) atoms. The zero-order valence-electron chi connectivity index (χ0n) is 12.7. The molecule has 1 aliphatic heterocycles. The van der Waals surface area contributed by atoms with E-state index in [-0.39, 0.29) is 17.6 Å². The summed E-state index contributed by atoms with van der Waals surface area (Å²) in [5.74, 6) is -0.226. The second-order valence-corrected chi connectivity index (χ2v) is 6.96. The van der Waals surface area contributed by atoms with E-state index in [0.717, 1.165) is 29.5 Å². The van der Waals surface area contributed by atoms with Crippen molar-refractivity contribution in [2.24, 2.45) is 0 Å². The monoisotopic (exact) mass is 417 g/mol. The van der Waals surface area contributed by atoms with Gasteiger partial charge >= 0.3 is 0 Å². The minimum absolute atomic E-state index is 0.0554. The first kappa shape index (κ1) is 17.1. The third-order valence-electron chi connectivity index (χ3n) is 4.00. The van der Waals surface area contributed by atoms with E-state index in [9.17, 15) is 14.9 Å². The van der Waals surface area contributed by atoms with Crippen LogP contribution in [0.15, 0.2) is 18.2 Å². The first-order valence-corrected chi connectivity index (χ1v) is 8.45. The summed E-state index contributed by atoms with van der Waals surface area (Å²) in [5, 5.41) is 13.9. The van der Waals surface area contributed by atoms with Crippen molar-refractivity contribution in [3.05, 3.63) is 37.4 Å². The molecule has 6 nitrogen and oxygen atoms in total. The number of benzene rings is 1. The fourth-order valence-electron chi connectivity index (χ4n) is 2.62. The van der Waals surface area contributed by atoms with Gasteiger partial charge in [-0.2, -0.15) is 0 Å². The Balaban J connectivity index is 2.01. The Morgan fingerprint density at radius 2 is 2.05 bits per heavy atom. The Labute approximate surface area is 143 Å². The van der Waals surface area contributed by atoms with E-state index in [1.807, 2.05) is 22.6 Å². The van der Waals surface area contributed by atoms with E-state index in [0.29, 0.717) is 11.6 Å². The normalized spacial score (nSPS) is 16.7. The van der Waals surface area contributed by atoms with Crippen molar-refractivity contribution in [2.75, 3.05) is 13.1 Å². The average molecular weight is 417 g/mol. The quantitative estimate of drug-likeness (QED) is 0.465. The van der Waals surface area contributed by atoms with E-state index in [1.54, 1.807) is 6.07 Å². The number of rotatable bonds is 4. The van der Waals surface area contributed by atoms with Crippen molar-refractivity contribution in [3.8, 4) is 0 Å². The molecule has 1 N–H and O–H groups in total. The van der Waals surface area contributed by atoms with Gasteiger partial charge in [0.15, 0.2) is 0 Å². The van der Waals surface area contributed by atoms with Crippen LogP contribution in [0.4, 0.5) is 5.69 Å². The van der Waals surface area contributed by atoms with Crippen molar-refractivity contribution in [1.29, 1.82) is 0 Å². The highest BCUT2D eigenvalue weighted by Gasteiger charge is 2.23. The SMILES string of the molecule is CC(C)N1CCC(NC(=O)c2cc([N+](=O)[O-])ccc2I)CC1. The molecule has 0 radical (unpaired) electrons. The van der Waals surface area contributed by atoms with Crippen molar-refractivity contribution in [1.82, 2.24) is 10.2 Å². The maximum Gasteiger partial charge on any atom is 0.270 e. The smallest absolute Gasteiger partial charge is 0.270 e. The molecule has 0 spiro atoms. The Hall–Kier alpha value is -1.22. The lowest BCUT2D eigenvalue weighted by molar-refractivity contribution is -0.384. The molecule has 1 saturated heterocycles. The van der Waals surface area contributed by atoms with Crippen LogP contribution < -0.4 is 5.32 Å². The largest absolute Gasteiger partial charge is 0.349 e. The van der Waals surface area contributed by atoms with Crippen LogP contribution in [0.25, 0.3) is 0 Å². The number of nitro benzene ring substituents is 1. The van der Waals surface area contributed by atoms with Crippen molar-refractivity contribution in [2.45, 2.75) is 38.8 Å². The highest BCUT2D eigenvalue weighted by Crippen LogP contribution is 2.20. The lowest BCUT2D eigenvalue weighted by Gasteiger charge is -2.34. The predicted octanol–water partition coefficient (Wildman–Crippen LogP) is 2.80. The van der Waals surface area contributed by atoms with Gasteiger partial charge in [0.2, 0.25) is 0 Å². The standard InChI is InChI=1S/C15H20IN3O3/c1-10(2)18-7-5-11(6-8-18)17-15(20)13-9-12(19(21)22)3-4-14(13)16/h3-4,9-11H,5-8H2,1-2H3,(H,17,20). The Morgan fingerprint density at radius 3 is 2.59 bits per heavy atom. The zero-order valence-corrected chi connectivity index (χ0v) is 14.9. The molecule has 0 aliphatic carbocycles. The Morgan fingerprint density at radius 1 is 1.41 bits per heavy atom. The van der Waals surface area contributed by atoms with Gasteiger partial charge in [-0.05, 0) is 55.3 Å². The van der Waals surface area contributed by atoms with E-state index in [4.69, 9.17) is 0 Å². The highest BCUT2D eigenvalue weighted by atomic mass is 127. The summed E-state index contributed by atoms with van der Waals surface area (Å²) in [7, 11) is 0. The first-order valence-electron chi connectivity index (χ1n) is 7.37. The van der Waals surface area contributed by atoms with Gasteiger partial charge in [-0.1, -0.05) is 0 Å². The summed E-state index contributed by atoms with van der Waals surface area (Å²) in [6.07, 6.45) is 1.82. The molecule has 1 aromatic carbocycles. The van der Waals surface area contributed by atoms with Crippen molar-refractivity contribution in [3.63, 3.8) is 0 Å². The highest BCUT2D eigenvalue weighted by molar-refractivity contribution is 14.1. The van der Waals surface area contributed by atoms with Gasteiger partial charge in [0.05, 0.1) is 10.5 Å². The molecule has 120 valence electrons. The molecule has 1 fully saturated rings. The molecule has 0 bridgehead atoms. The Bertz CT molecular complexity index is 569. The summed E-state index contributed by atoms with van der Waals surface area (Å²) >= 11 is 2.03. The molecule has 2 rings (SSSR count). The molecule has 1 heterocycles. The van der Waals surface area contributed by atoms with Crippen LogP contribution in [-0.2, 0) is 0 Å². The second kappa shape index (κ2) is 7.36. The van der Waals surface area contributed by atoms with E-state index in [1.165, 1.54) is 12.1 Å². The summed E-state index contributed by atoms with van der Waals surface area (Å²) in [4.78, 5) is 25.1. The van der Waals surface area contributed by atoms with Crippen LogP contribution in [0.5, 0.6) is 0 Å². The molecule has 0 unspecified atom stereocenters. The van der Waals surface area contributed by atoms with Crippen LogP contribution in [0, 0.1) is 13.7 Å². The molecule has 0 aromatic heterocycles. The number of carbonyl (C=O) groups is 1. The van der Waals surface area contributed by atoms with Gasteiger partial charge in [0.25, 0.3) is 11.6 Å². The maximum atomic E-state index is 12.4. The molecular weight excluding hydrogens is 397 g/mol. The van der Waals surface area contributed by atoms with Crippen LogP contribution in [-0.4, -0.2) is 40.9 Å². The van der Waals surface area contributed by atoms with Crippen molar-refractivity contribution < 1.29 is 9.72 Å². The third kappa shape index (κ3) is 4.16. The first-order chi connectivity index (χ1) is 10.4. The number of nitrogens with one attached hydrogen (secondary N) is 1. The van der Waals surface area contributed by atoms with Gasteiger partial charge in [-0.3, -0.25) is 14.9 Å². The van der Waals surface area contributed by atoms with Crippen molar-refractivity contribution >= 4 is 34.2 Å². The minimum Gasteiger partial charge on any atom is -0.349 e. The minimum atomic E-state index is -0.478. The Kier molecular flexibility index (Phi) is 5.74. The number of amides is 1. The maximum absolute atomic E-state index is 12.4. The molecule has 1 amide bonds. The van der Waals surface area contributed by atoms with Crippen LogP contribution in [0.2, 0.25) is 0 Å². The number of non-ortho nitro benzene ring substituents is 1. The lowest BCUT2D eigenvalue weighted by atomic mass is 10.0. The second-order valence-electron chi connectivity index (χ2n) is 5.80. The van der Waals surface area contributed by atoms with E-state index >= 15 is 0 Å². The third-order valence-corrected chi connectivity index (χ3v) is 4.94. The van der Waals surface area contributed by atoms with Crippen LogP contribution in [0.1, 0.15) is 37.0 Å². The molecule has 0 saturated carbocycles. The number of hydrogen-bond acceptors (Lipinski definition) is 4. The molecular formula is C15H20IN3O3. The van der Waals surface area contributed by atoms with Gasteiger partial charge in [-0.25, -0.2) is 0 Å². The van der Waals surface area contributed by atoms with Gasteiger partial charge in [0, 0.05) is 40.9 Å². The number of nitrogens with zero attached hydrogens (tertiary/aromatic N) is 2. The number of likely N-dealkylation sites (tertiary alicyclic amines) is 1. The molecule has 0 atom stereocenters. The summed E-state index contributed by atoms with van der Waals surface area (Å²) in [6.45, 7) is 6.28. The number of hydrogen-bond donors (Lipinski definition) is 1. The van der Waals surface area contributed by atoms with Gasteiger partial charge in [0.1, 0.15) is 0 Å². The van der Waals surface area contributed by atoms with E-state index in [2.05, 4.69) is 24.1 Å². The predicted molar refractivity (Wildman–Crippen MR) is 93.0 cm³/mol. The topological polar surface area (TPSA) is 75.5 Å². The summed E-state index contributed by atoms with van der Waals surface area (Å²) < 4.78 is 0.723. The lowest BCUT2D eigenvalue weighted by Crippen LogP contribution is -2.46. The number of halogens is 1. The number of nitro groups is 1. The van der Waals surface area contributed by atoms with Crippen LogP contribution >= 0.6 is 22.6 Å². The van der Waals surface area contributed by atoms with E-state index < -0.39 is 4.92 Å². The summed E-state index contributed by atoms with van der Waals surface area (Å²) in [5.41, 5.74) is 0.321. The van der Waals surface area contributed by atoms with Gasteiger partial charge in [-0.15, -0.1) is 0 Å². The molecule has 1 aromatic rings. The van der Waals surface area contributed by atoms with Gasteiger partial charge < -0.3 is 10.2 Å². The number of piperidine rings is 1. The zero-order chi connectivity index (χ0) is 16.3. The van der Waals surface area contributed by atoms with Crippen LogP contribution in [0.3, 0.4) is 0 Å². The molecule has 1 aliphatic rings. The fraction of sp³-hybridized carbons (Fsp3) is 0.533. The molecule has 7 heteroatoms.